The number of nitrogens with two attached hydrogens (primary N) is 1. The van der Waals surface area contributed by atoms with Crippen LogP contribution in [-0.4, -0.2) is 10.7 Å². The molecule has 0 spiro atoms. The zero-order chi connectivity index (χ0) is 10.7. The molecule has 0 fully saturated rings. The lowest BCUT2D eigenvalue weighted by Gasteiger charge is -2.07. The molecule has 0 aliphatic heterocycles. The first-order chi connectivity index (χ1) is 6.50. The number of alkyl halides is 1. The van der Waals surface area contributed by atoms with Crippen molar-refractivity contribution in [2.45, 2.75) is 11.2 Å². The third-order valence-corrected chi connectivity index (χ3v) is 3.26. The molecule has 1 amide bonds. The Morgan fingerprint density at radius 3 is 2.79 bits per heavy atom. The van der Waals surface area contributed by atoms with E-state index < -0.39 is 10.7 Å². The molecule has 14 heavy (non-hydrogen) atoms. The van der Waals surface area contributed by atoms with E-state index in [9.17, 15) is 9.18 Å². The number of rotatable bonds is 3. The minimum atomic E-state index is -0.472. The monoisotopic (exact) mass is 323 g/mol. The van der Waals surface area contributed by atoms with Crippen molar-refractivity contribution in [3.8, 4) is 0 Å². The van der Waals surface area contributed by atoms with Crippen LogP contribution >= 0.6 is 31.9 Å². The summed E-state index contributed by atoms with van der Waals surface area (Å²) in [5.41, 5.74) is 5.79. The fourth-order valence-electron chi connectivity index (χ4n) is 0.993. The molecule has 1 unspecified atom stereocenters. The maximum atomic E-state index is 12.8. The van der Waals surface area contributed by atoms with Crippen LogP contribution in [0.5, 0.6) is 0 Å². The van der Waals surface area contributed by atoms with Crippen molar-refractivity contribution in [1.82, 2.24) is 0 Å². The van der Waals surface area contributed by atoms with Gasteiger partial charge in [-0.15, -0.1) is 0 Å². The highest BCUT2D eigenvalue weighted by Crippen LogP contribution is 2.21. The van der Waals surface area contributed by atoms with Crippen LogP contribution in [0.25, 0.3) is 0 Å². The van der Waals surface area contributed by atoms with E-state index >= 15 is 0 Å². The third kappa shape index (κ3) is 3.06. The summed E-state index contributed by atoms with van der Waals surface area (Å²) < 4.78 is 13.6. The predicted molar refractivity (Wildman–Crippen MR) is 59.7 cm³/mol. The highest BCUT2D eigenvalue weighted by Gasteiger charge is 2.13. The molecular formula is C9H8Br2FNO. The van der Waals surface area contributed by atoms with Gasteiger partial charge >= 0.3 is 0 Å². The number of hydrogen-bond donors (Lipinski definition) is 1. The van der Waals surface area contributed by atoms with E-state index in [0.29, 0.717) is 12.0 Å². The van der Waals surface area contributed by atoms with Gasteiger partial charge in [0.1, 0.15) is 5.82 Å². The number of carbonyl (C=O) groups excluding carboxylic acids is 1. The minimum Gasteiger partial charge on any atom is -0.369 e. The van der Waals surface area contributed by atoms with Gasteiger partial charge in [-0.3, -0.25) is 4.79 Å². The van der Waals surface area contributed by atoms with Crippen molar-refractivity contribution in [1.29, 1.82) is 0 Å². The smallest absolute Gasteiger partial charge is 0.231 e. The Bertz CT molecular complexity index is 357. The number of amides is 1. The summed E-state index contributed by atoms with van der Waals surface area (Å²) in [5, 5.41) is 0. The first-order valence-electron chi connectivity index (χ1n) is 3.88. The molecule has 0 heterocycles. The number of benzene rings is 1. The zero-order valence-corrected chi connectivity index (χ0v) is 10.3. The van der Waals surface area contributed by atoms with E-state index in [1.807, 2.05) is 0 Å². The summed E-state index contributed by atoms with van der Waals surface area (Å²) >= 11 is 6.39. The van der Waals surface area contributed by atoms with Crippen molar-refractivity contribution in [2.24, 2.45) is 5.73 Å². The first kappa shape index (κ1) is 11.7. The van der Waals surface area contributed by atoms with E-state index in [1.165, 1.54) is 12.1 Å². The van der Waals surface area contributed by atoms with Gasteiger partial charge in [-0.05, 0) is 30.2 Å². The van der Waals surface area contributed by atoms with Gasteiger partial charge in [0.05, 0.1) is 4.83 Å². The molecule has 2 nitrogen and oxygen atoms in total. The predicted octanol–water partition coefficient (Wildman–Crippen LogP) is 2.38. The highest BCUT2D eigenvalue weighted by molar-refractivity contribution is 9.10. The van der Waals surface area contributed by atoms with Crippen LogP contribution in [0.15, 0.2) is 22.7 Å². The lowest BCUT2D eigenvalue weighted by atomic mass is 10.1. The Morgan fingerprint density at radius 2 is 2.21 bits per heavy atom. The second-order valence-corrected chi connectivity index (χ2v) is 4.77. The maximum absolute atomic E-state index is 12.8. The van der Waals surface area contributed by atoms with Crippen LogP contribution in [0.1, 0.15) is 5.56 Å². The molecule has 1 rings (SSSR count). The largest absolute Gasteiger partial charge is 0.369 e. The van der Waals surface area contributed by atoms with Crippen molar-refractivity contribution in [3.63, 3.8) is 0 Å². The second-order valence-electron chi connectivity index (χ2n) is 2.81. The van der Waals surface area contributed by atoms with Gasteiger partial charge in [0.2, 0.25) is 5.91 Å². The average Bonchev–Trinajstić information content (AvgIpc) is 2.11. The van der Waals surface area contributed by atoms with Crippen LogP contribution < -0.4 is 5.73 Å². The molecular weight excluding hydrogens is 317 g/mol. The molecule has 0 aliphatic rings. The van der Waals surface area contributed by atoms with Crippen LogP contribution in [-0.2, 0) is 11.2 Å². The molecule has 1 aromatic carbocycles. The van der Waals surface area contributed by atoms with Crippen LogP contribution in [0.3, 0.4) is 0 Å². The lowest BCUT2D eigenvalue weighted by molar-refractivity contribution is -0.117. The molecule has 0 aliphatic carbocycles. The van der Waals surface area contributed by atoms with Crippen molar-refractivity contribution in [2.75, 3.05) is 0 Å². The molecule has 0 radical (unpaired) electrons. The Hall–Kier alpha value is -0.420. The lowest BCUT2D eigenvalue weighted by Crippen LogP contribution is -2.25. The van der Waals surface area contributed by atoms with Crippen LogP contribution in [0, 0.1) is 5.82 Å². The average molecular weight is 325 g/mol. The van der Waals surface area contributed by atoms with E-state index in [2.05, 4.69) is 31.9 Å². The van der Waals surface area contributed by atoms with E-state index in [4.69, 9.17) is 5.73 Å². The topological polar surface area (TPSA) is 43.1 Å². The molecule has 0 aromatic heterocycles. The van der Waals surface area contributed by atoms with Gasteiger partial charge < -0.3 is 5.73 Å². The van der Waals surface area contributed by atoms with Crippen molar-refractivity contribution < 1.29 is 9.18 Å². The Labute approximate surface area is 97.9 Å². The highest BCUT2D eigenvalue weighted by atomic mass is 79.9. The Morgan fingerprint density at radius 1 is 1.57 bits per heavy atom. The molecule has 0 bridgehead atoms. The molecule has 1 atom stereocenters. The summed E-state index contributed by atoms with van der Waals surface area (Å²) in [7, 11) is 0. The minimum absolute atomic E-state index is 0.327. The van der Waals surface area contributed by atoms with Crippen LogP contribution in [0.4, 0.5) is 4.39 Å². The van der Waals surface area contributed by atoms with Crippen molar-refractivity contribution in [3.05, 3.63) is 34.1 Å². The maximum Gasteiger partial charge on any atom is 0.231 e. The third-order valence-electron chi connectivity index (χ3n) is 1.72. The SMILES string of the molecule is NC(=O)C(Br)Cc1cc(F)ccc1Br. The molecule has 76 valence electrons. The van der Waals surface area contributed by atoms with Crippen LogP contribution in [0.2, 0.25) is 0 Å². The normalized spacial score (nSPS) is 12.5. The van der Waals surface area contributed by atoms with Gasteiger partial charge in [0, 0.05) is 4.47 Å². The molecule has 1 aromatic rings. The standard InChI is InChI=1S/C9H8Br2FNO/c10-7-2-1-6(12)3-5(7)4-8(11)9(13)14/h1-3,8H,4H2,(H2,13,14). The fourth-order valence-corrected chi connectivity index (χ4v) is 1.75. The summed E-state index contributed by atoms with van der Waals surface area (Å²) in [5.74, 6) is -0.784. The number of halogens is 3. The van der Waals surface area contributed by atoms with Gasteiger partial charge in [-0.25, -0.2) is 4.39 Å². The quantitative estimate of drug-likeness (QED) is 0.852. The summed E-state index contributed by atoms with van der Waals surface area (Å²) in [4.78, 5) is 10.3. The fraction of sp³-hybridized carbons (Fsp3) is 0.222. The zero-order valence-electron chi connectivity index (χ0n) is 7.14. The summed E-state index contributed by atoms with van der Waals surface area (Å²) in [6.45, 7) is 0. The Balaban J connectivity index is 2.85. The number of primary amides is 1. The first-order valence-corrected chi connectivity index (χ1v) is 5.59. The second kappa shape index (κ2) is 4.89. The number of carbonyl (C=O) groups is 1. The van der Waals surface area contributed by atoms with E-state index in [-0.39, 0.29) is 5.82 Å². The Kier molecular flexibility index (Phi) is 4.07. The van der Waals surface area contributed by atoms with E-state index in [0.717, 1.165) is 4.47 Å². The number of hydrogen-bond acceptors (Lipinski definition) is 1. The molecule has 0 saturated heterocycles. The van der Waals surface area contributed by atoms with Gasteiger partial charge in [0.15, 0.2) is 0 Å². The summed E-state index contributed by atoms with van der Waals surface area (Å²) in [6, 6.07) is 4.33. The van der Waals surface area contributed by atoms with Gasteiger partial charge in [-0.2, -0.15) is 0 Å². The van der Waals surface area contributed by atoms with Gasteiger partial charge in [0.25, 0.3) is 0 Å². The molecule has 0 saturated carbocycles. The van der Waals surface area contributed by atoms with Gasteiger partial charge in [-0.1, -0.05) is 31.9 Å². The summed E-state index contributed by atoms with van der Waals surface area (Å²) in [6.07, 6.45) is 0.369. The molecule has 2 N–H and O–H groups in total. The molecule has 5 heteroatoms. The van der Waals surface area contributed by atoms with E-state index in [1.54, 1.807) is 6.07 Å². The van der Waals surface area contributed by atoms with Crippen molar-refractivity contribution >= 4 is 37.8 Å².